The highest BCUT2D eigenvalue weighted by atomic mass is 19.1. The molecule has 0 spiro atoms. The lowest BCUT2D eigenvalue weighted by molar-refractivity contribution is 0.262. The van der Waals surface area contributed by atoms with Gasteiger partial charge in [0.15, 0.2) is 11.5 Å². The van der Waals surface area contributed by atoms with Crippen LogP contribution in [0.2, 0.25) is 0 Å². The third kappa shape index (κ3) is 2.25. The topological polar surface area (TPSA) is 42.6 Å². The second kappa shape index (κ2) is 4.65. The van der Waals surface area contributed by atoms with Gasteiger partial charge in [-0.1, -0.05) is 18.2 Å². The zero-order valence-electron chi connectivity index (χ0n) is 9.97. The molecule has 0 saturated heterocycles. The minimum Gasteiger partial charge on any atom is -0.504 e. The van der Waals surface area contributed by atoms with Crippen LogP contribution >= 0.6 is 0 Å². The second-order valence-corrected chi connectivity index (χ2v) is 4.12. The average Bonchev–Trinajstić information content (AvgIpc) is 2.82. The fourth-order valence-corrected chi connectivity index (χ4v) is 1.88. The summed E-state index contributed by atoms with van der Waals surface area (Å²) in [4.78, 5) is 0. The van der Waals surface area contributed by atoms with Crippen LogP contribution in [0, 0.1) is 5.82 Å². The normalized spacial score (nSPS) is 10.8. The summed E-state index contributed by atoms with van der Waals surface area (Å²) in [6, 6.07) is 12.9. The van der Waals surface area contributed by atoms with Gasteiger partial charge in [-0.25, -0.2) is 4.39 Å². The molecule has 1 aromatic heterocycles. The van der Waals surface area contributed by atoms with E-state index in [1.54, 1.807) is 36.4 Å². The van der Waals surface area contributed by atoms with Gasteiger partial charge in [0.2, 0.25) is 0 Å². The van der Waals surface area contributed by atoms with Crippen LogP contribution < -0.4 is 4.74 Å². The zero-order valence-corrected chi connectivity index (χ0v) is 9.97. The molecule has 0 unspecified atom stereocenters. The summed E-state index contributed by atoms with van der Waals surface area (Å²) in [5, 5.41) is 9.99. The maximum atomic E-state index is 13.5. The smallest absolute Gasteiger partial charge is 0.161 e. The first-order valence-electron chi connectivity index (χ1n) is 5.82. The van der Waals surface area contributed by atoms with Crippen molar-refractivity contribution in [2.45, 2.75) is 6.61 Å². The van der Waals surface area contributed by atoms with Crippen LogP contribution in [-0.4, -0.2) is 5.11 Å². The number of aromatic hydroxyl groups is 1. The number of hydrogen-bond acceptors (Lipinski definition) is 3. The number of rotatable bonds is 3. The van der Waals surface area contributed by atoms with Crippen LogP contribution in [0.5, 0.6) is 11.5 Å². The number of furan rings is 1. The number of phenols is 1. The molecule has 96 valence electrons. The van der Waals surface area contributed by atoms with Gasteiger partial charge >= 0.3 is 0 Å². The molecule has 0 aliphatic heterocycles. The Morgan fingerprint density at radius 2 is 1.95 bits per heavy atom. The lowest BCUT2D eigenvalue weighted by Gasteiger charge is -2.05. The summed E-state index contributed by atoms with van der Waals surface area (Å²) in [5.41, 5.74) is 0.482. The molecular weight excluding hydrogens is 247 g/mol. The van der Waals surface area contributed by atoms with Gasteiger partial charge in [-0.15, -0.1) is 0 Å². The van der Waals surface area contributed by atoms with E-state index >= 15 is 0 Å². The molecule has 3 nitrogen and oxygen atoms in total. The molecule has 1 heterocycles. The van der Waals surface area contributed by atoms with Crippen LogP contribution in [0.3, 0.4) is 0 Å². The fourth-order valence-electron chi connectivity index (χ4n) is 1.88. The van der Waals surface area contributed by atoms with Crippen molar-refractivity contribution < 1.29 is 18.7 Å². The van der Waals surface area contributed by atoms with E-state index < -0.39 is 0 Å². The summed E-state index contributed by atoms with van der Waals surface area (Å²) >= 11 is 0. The van der Waals surface area contributed by atoms with Gasteiger partial charge in [-0.05, 0) is 30.3 Å². The second-order valence-electron chi connectivity index (χ2n) is 4.12. The number of hydrogen-bond donors (Lipinski definition) is 1. The Kier molecular flexibility index (Phi) is 2.83. The molecule has 4 heteroatoms. The molecule has 1 N–H and O–H groups in total. The first kappa shape index (κ1) is 11.6. The van der Waals surface area contributed by atoms with Gasteiger partial charge in [0.05, 0.1) is 5.39 Å². The Morgan fingerprint density at radius 1 is 1.11 bits per heavy atom. The van der Waals surface area contributed by atoms with Gasteiger partial charge in [-0.2, -0.15) is 0 Å². The molecule has 0 aliphatic carbocycles. The minimum absolute atomic E-state index is 0.0600. The zero-order chi connectivity index (χ0) is 13.2. The van der Waals surface area contributed by atoms with Gasteiger partial charge < -0.3 is 14.3 Å². The molecule has 0 atom stereocenters. The van der Waals surface area contributed by atoms with Crippen molar-refractivity contribution in [1.82, 2.24) is 0 Å². The van der Waals surface area contributed by atoms with E-state index in [1.165, 1.54) is 12.1 Å². The molecule has 3 rings (SSSR count). The Hall–Kier alpha value is -2.49. The van der Waals surface area contributed by atoms with E-state index in [-0.39, 0.29) is 18.2 Å². The predicted octanol–water partition coefficient (Wildman–Crippen LogP) is 3.86. The summed E-state index contributed by atoms with van der Waals surface area (Å²) in [6.45, 7) is 0.131. The highest BCUT2D eigenvalue weighted by Crippen LogP contribution is 2.27. The Bertz CT molecular complexity index is 718. The standard InChI is InChI=1S/C15H11FO3/c16-12-4-3-7-14-11(12)8-10(19-14)9-18-15-6-2-1-5-13(15)17/h1-8,17H,9H2. The molecule has 2 aromatic carbocycles. The van der Waals surface area contributed by atoms with Crippen LogP contribution in [0.4, 0.5) is 4.39 Å². The van der Waals surface area contributed by atoms with E-state index in [1.807, 2.05) is 0 Å². The number of halogens is 1. The molecule has 0 radical (unpaired) electrons. The van der Waals surface area contributed by atoms with Gasteiger partial charge in [0.25, 0.3) is 0 Å². The Labute approximate surface area is 108 Å². The number of fused-ring (bicyclic) bond motifs is 1. The fraction of sp³-hybridized carbons (Fsp3) is 0.0667. The van der Waals surface area contributed by atoms with Crippen molar-refractivity contribution in [3.63, 3.8) is 0 Å². The molecule has 19 heavy (non-hydrogen) atoms. The summed E-state index contributed by atoms with van der Waals surface area (Å²) in [6.07, 6.45) is 0. The third-order valence-corrected chi connectivity index (χ3v) is 2.79. The number of phenolic OH excluding ortho intramolecular Hbond substituents is 1. The van der Waals surface area contributed by atoms with E-state index in [9.17, 15) is 9.50 Å². The highest BCUT2D eigenvalue weighted by molar-refractivity contribution is 5.78. The van der Waals surface area contributed by atoms with E-state index in [0.717, 1.165) is 0 Å². The number of ether oxygens (including phenoxy) is 1. The maximum Gasteiger partial charge on any atom is 0.161 e. The quantitative estimate of drug-likeness (QED) is 0.775. The largest absolute Gasteiger partial charge is 0.504 e. The molecular formula is C15H11FO3. The maximum absolute atomic E-state index is 13.5. The van der Waals surface area contributed by atoms with Crippen LogP contribution in [0.25, 0.3) is 11.0 Å². The predicted molar refractivity (Wildman–Crippen MR) is 68.6 cm³/mol. The van der Waals surface area contributed by atoms with Crippen LogP contribution in [0.15, 0.2) is 52.9 Å². The summed E-state index contributed by atoms with van der Waals surface area (Å²) < 4.78 is 24.4. The first-order valence-corrected chi connectivity index (χ1v) is 5.82. The Balaban J connectivity index is 1.83. The molecule has 0 fully saturated rings. The van der Waals surface area contributed by atoms with Gasteiger partial charge in [0.1, 0.15) is 23.8 Å². The van der Waals surface area contributed by atoms with Crippen molar-refractivity contribution in [3.05, 3.63) is 60.1 Å². The monoisotopic (exact) mass is 258 g/mol. The van der Waals surface area contributed by atoms with Gasteiger partial charge in [0, 0.05) is 0 Å². The highest BCUT2D eigenvalue weighted by Gasteiger charge is 2.09. The third-order valence-electron chi connectivity index (χ3n) is 2.79. The van der Waals surface area contributed by atoms with Gasteiger partial charge in [-0.3, -0.25) is 0 Å². The minimum atomic E-state index is -0.324. The molecule has 0 amide bonds. The molecule has 0 bridgehead atoms. The Morgan fingerprint density at radius 3 is 2.74 bits per heavy atom. The van der Waals surface area contributed by atoms with Crippen molar-refractivity contribution in [3.8, 4) is 11.5 Å². The van der Waals surface area contributed by atoms with E-state index in [4.69, 9.17) is 9.15 Å². The van der Waals surface area contributed by atoms with Crippen molar-refractivity contribution in [1.29, 1.82) is 0 Å². The van der Waals surface area contributed by atoms with Crippen molar-refractivity contribution in [2.75, 3.05) is 0 Å². The number of para-hydroxylation sites is 2. The summed E-state index contributed by atoms with van der Waals surface area (Å²) in [5.74, 6) is 0.603. The van der Waals surface area contributed by atoms with Crippen LogP contribution in [-0.2, 0) is 6.61 Å². The molecule has 0 aliphatic rings. The SMILES string of the molecule is Oc1ccccc1OCc1cc2c(F)cccc2o1. The van der Waals surface area contributed by atoms with E-state index in [2.05, 4.69) is 0 Å². The van der Waals surface area contributed by atoms with Crippen LogP contribution in [0.1, 0.15) is 5.76 Å². The molecule has 0 saturated carbocycles. The average molecular weight is 258 g/mol. The lowest BCUT2D eigenvalue weighted by atomic mass is 10.2. The lowest BCUT2D eigenvalue weighted by Crippen LogP contribution is -1.93. The van der Waals surface area contributed by atoms with Crippen molar-refractivity contribution in [2.24, 2.45) is 0 Å². The van der Waals surface area contributed by atoms with Crippen molar-refractivity contribution >= 4 is 11.0 Å². The van der Waals surface area contributed by atoms with E-state index in [0.29, 0.717) is 22.5 Å². The number of benzene rings is 2. The molecule has 3 aromatic rings. The first-order chi connectivity index (χ1) is 9.24. The summed E-state index contributed by atoms with van der Waals surface area (Å²) in [7, 11) is 0.